The lowest BCUT2D eigenvalue weighted by Gasteiger charge is -2.14. The van der Waals surface area contributed by atoms with Crippen LogP contribution in [0.3, 0.4) is 0 Å². The molecule has 8 heteroatoms. The Labute approximate surface area is 144 Å². The number of methoxy groups -OCH3 is 1. The molecule has 1 aromatic rings. The monoisotopic (exact) mass is 338 g/mol. The first-order chi connectivity index (χ1) is 11.4. The highest BCUT2D eigenvalue weighted by atomic mass is 16.5. The standard InChI is InChI=1S/C16H30N6O2/c1-7-9-17-16(19-11-14(23)21(3)4)18-10-12-13(8-2)20-22(5)15(12)24-6/h7-11H2,1-6H3,(H2,17,18,19). The van der Waals surface area contributed by atoms with Gasteiger partial charge < -0.3 is 20.3 Å². The van der Waals surface area contributed by atoms with E-state index in [1.165, 1.54) is 0 Å². The van der Waals surface area contributed by atoms with E-state index in [1.807, 2.05) is 7.05 Å². The van der Waals surface area contributed by atoms with E-state index in [1.54, 1.807) is 30.8 Å². The van der Waals surface area contributed by atoms with Crippen LogP contribution >= 0.6 is 0 Å². The summed E-state index contributed by atoms with van der Waals surface area (Å²) >= 11 is 0. The van der Waals surface area contributed by atoms with Crippen LogP contribution < -0.4 is 15.4 Å². The Morgan fingerprint density at radius 1 is 1.33 bits per heavy atom. The minimum Gasteiger partial charge on any atom is -0.481 e. The third-order valence-electron chi connectivity index (χ3n) is 3.54. The first-order valence-corrected chi connectivity index (χ1v) is 8.25. The molecule has 1 rings (SSSR count). The van der Waals surface area contributed by atoms with Gasteiger partial charge in [0, 0.05) is 27.7 Å². The van der Waals surface area contributed by atoms with Crippen LogP contribution in [-0.2, 0) is 24.8 Å². The van der Waals surface area contributed by atoms with Crippen molar-refractivity contribution in [1.82, 2.24) is 25.3 Å². The van der Waals surface area contributed by atoms with Gasteiger partial charge in [0.2, 0.25) is 11.8 Å². The van der Waals surface area contributed by atoms with Gasteiger partial charge in [-0.25, -0.2) is 9.67 Å². The second-order valence-corrected chi connectivity index (χ2v) is 5.65. The molecule has 0 spiro atoms. The Kier molecular flexibility index (Phi) is 8.08. The van der Waals surface area contributed by atoms with Gasteiger partial charge in [0.25, 0.3) is 0 Å². The molecule has 0 fully saturated rings. The average molecular weight is 338 g/mol. The number of carbonyl (C=O) groups is 1. The van der Waals surface area contributed by atoms with Gasteiger partial charge in [-0.05, 0) is 12.8 Å². The Hall–Kier alpha value is -2.25. The fraction of sp³-hybridized carbons (Fsp3) is 0.688. The summed E-state index contributed by atoms with van der Waals surface area (Å²) in [4.78, 5) is 17.9. The number of nitrogens with zero attached hydrogens (tertiary/aromatic N) is 4. The van der Waals surface area contributed by atoms with Crippen LogP contribution in [0.25, 0.3) is 0 Å². The Bertz CT molecular complexity index is 565. The zero-order valence-corrected chi connectivity index (χ0v) is 15.6. The SMILES string of the molecule is CCCNC(=NCc1c(CC)nn(C)c1OC)NCC(=O)N(C)C. The summed E-state index contributed by atoms with van der Waals surface area (Å²) < 4.78 is 7.16. The van der Waals surface area contributed by atoms with Gasteiger partial charge in [-0.1, -0.05) is 13.8 Å². The van der Waals surface area contributed by atoms with E-state index in [-0.39, 0.29) is 12.5 Å². The minimum absolute atomic E-state index is 0.00537. The smallest absolute Gasteiger partial charge is 0.241 e. The number of aliphatic imine (C=N–C) groups is 1. The predicted molar refractivity (Wildman–Crippen MR) is 95.3 cm³/mol. The van der Waals surface area contributed by atoms with Crippen LogP contribution in [0, 0.1) is 0 Å². The number of ether oxygens (including phenoxy) is 1. The zero-order valence-electron chi connectivity index (χ0n) is 15.6. The van der Waals surface area contributed by atoms with E-state index in [0.717, 1.165) is 36.5 Å². The van der Waals surface area contributed by atoms with Crippen molar-refractivity contribution >= 4 is 11.9 Å². The Morgan fingerprint density at radius 3 is 2.58 bits per heavy atom. The van der Waals surface area contributed by atoms with Crippen molar-refractivity contribution in [2.45, 2.75) is 33.2 Å². The van der Waals surface area contributed by atoms with Gasteiger partial charge in [0.15, 0.2) is 5.96 Å². The highest BCUT2D eigenvalue weighted by molar-refractivity contribution is 5.86. The first-order valence-electron chi connectivity index (χ1n) is 8.25. The molecule has 0 unspecified atom stereocenters. The molecular weight excluding hydrogens is 308 g/mol. The van der Waals surface area contributed by atoms with Crippen LogP contribution in [0.5, 0.6) is 5.88 Å². The molecule has 24 heavy (non-hydrogen) atoms. The quantitative estimate of drug-likeness (QED) is 0.533. The molecule has 0 aliphatic carbocycles. The molecule has 0 saturated heterocycles. The van der Waals surface area contributed by atoms with Gasteiger partial charge in [0.1, 0.15) is 0 Å². The molecule has 0 radical (unpaired) electrons. The topological polar surface area (TPSA) is 83.8 Å². The Balaban J connectivity index is 2.88. The molecular formula is C16H30N6O2. The van der Waals surface area contributed by atoms with Crippen LogP contribution in [-0.4, -0.2) is 60.8 Å². The number of hydrogen-bond donors (Lipinski definition) is 2. The van der Waals surface area contributed by atoms with Gasteiger partial charge in [-0.3, -0.25) is 4.79 Å². The highest BCUT2D eigenvalue weighted by Gasteiger charge is 2.15. The second kappa shape index (κ2) is 9.79. The number of likely N-dealkylation sites (N-methyl/N-ethyl adjacent to an activating group) is 1. The summed E-state index contributed by atoms with van der Waals surface area (Å²) in [7, 11) is 6.95. The van der Waals surface area contributed by atoms with Crippen LogP contribution in [0.4, 0.5) is 0 Å². The van der Waals surface area contributed by atoms with Crippen molar-refractivity contribution in [1.29, 1.82) is 0 Å². The van der Waals surface area contributed by atoms with Crippen molar-refractivity contribution in [3.05, 3.63) is 11.3 Å². The molecule has 0 atom stereocenters. The van der Waals surface area contributed by atoms with E-state index >= 15 is 0 Å². The maximum atomic E-state index is 11.7. The number of aryl methyl sites for hydroxylation is 2. The fourth-order valence-corrected chi connectivity index (χ4v) is 2.20. The number of hydrogen-bond acceptors (Lipinski definition) is 4. The van der Waals surface area contributed by atoms with Crippen molar-refractivity contribution in [2.75, 3.05) is 34.3 Å². The van der Waals surface area contributed by atoms with Gasteiger partial charge in [-0.2, -0.15) is 5.10 Å². The van der Waals surface area contributed by atoms with Crippen molar-refractivity contribution in [3.63, 3.8) is 0 Å². The molecule has 1 aromatic heterocycles. The maximum absolute atomic E-state index is 11.7. The third-order valence-corrected chi connectivity index (χ3v) is 3.54. The highest BCUT2D eigenvalue weighted by Crippen LogP contribution is 2.22. The Morgan fingerprint density at radius 2 is 2.04 bits per heavy atom. The summed E-state index contributed by atoms with van der Waals surface area (Å²) in [6, 6.07) is 0. The molecule has 0 aliphatic rings. The third kappa shape index (κ3) is 5.43. The van der Waals surface area contributed by atoms with E-state index in [4.69, 9.17) is 4.74 Å². The molecule has 2 N–H and O–H groups in total. The first kappa shape index (κ1) is 19.8. The molecule has 0 aliphatic heterocycles. The summed E-state index contributed by atoms with van der Waals surface area (Å²) in [5.74, 6) is 1.32. The molecule has 0 saturated carbocycles. The molecule has 136 valence electrons. The average Bonchev–Trinajstić information content (AvgIpc) is 2.88. The molecule has 1 heterocycles. The molecule has 8 nitrogen and oxygen atoms in total. The van der Waals surface area contributed by atoms with Gasteiger partial charge >= 0.3 is 0 Å². The van der Waals surface area contributed by atoms with E-state index in [9.17, 15) is 4.79 Å². The lowest BCUT2D eigenvalue weighted by molar-refractivity contribution is -0.127. The van der Waals surface area contributed by atoms with E-state index in [2.05, 4.69) is 34.6 Å². The summed E-state index contributed by atoms with van der Waals surface area (Å²) in [5.41, 5.74) is 1.94. The summed E-state index contributed by atoms with van der Waals surface area (Å²) in [5, 5.41) is 10.7. The zero-order chi connectivity index (χ0) is 18.1. The van der Waals surface area contributed by atoms with Crippen molar-refractivity contribution in [3.8, 4) is 5.88 Å². The number of nitrogens with one attached hydrogen (secondary N) is 2. The van der Waals surface area contributed by atoms with Crippen LogP contribution in [0.1, 0.15) is 31.5 Å². The molecule has 1 amide bonds. The van der Waals surface area contributed by atoms with Crippen LogP contribution in [0.2, 0.25) is 0 Å². The van der Waals surface area contributed by atoms with Gasteiger partial charge in [-0.15, -0.1) is 0 Å². The molecule has 0 bridgehead atoms. The number of carbonyl (C=O) groups excluding carboxylic acids is 1. The predicted octanol–water partition coefficient (Wildman–Crippen LogP) is 0.525. The van der Waals surface area contributed by atoms with Crippen LogP contribution in [0.15, 0.2) is 4.99 Å². The second-order valence-electron chi connectivity index (χ2n) is 5.65. The lowest BCUT2D eigenvalue weighted by atomic mass is 10.2. The fourth-order valence-electron chi connectivity index (χ4n) is 2.20. The number of guanidine groups is 1. The maximum Gasteiger partial charge on any atom is 0.241 e. The summed E-state index contributed by atoms with van der Waals surface area (Å²) in [6.45, 7) is 5.56. The normalized spacial score (nSPS) is 11.3. The number of aromatic nitrogens is 2. The molecule has 0 aromatic carbocycles. The number of rotatable bonds is 8. The van der Waals surface area contributed by atoms with E-state index in [0.29, 0.717) is 12.5 Å². The van der Waals surface area contributed by atoms with E-state index < -0.39 is 0 Å². The summed E-state index contributed by atoms with van der Waals surface area (Å²) in [6.07, 6.45) is 1.78. The van der Waals surface area contributed by atoms with Crippen molar-refractivity contribution in [2.24, 2.45) is 12.0 Å². The largest absolute Gasteiger partial charge is 0.481 e. The van der Waals surface area contributed by atoms with Gasteiger partial charge in [0.05, 0.1) is 31.5 Å². The van der Waals surface area contributed by atoms with Crippen molar-refractivity contribution < 1.29 is 9.53 Å². The lowest BCUT2D eigenvalue weighted by Crippen LogP contribution is -2.43. The number of amides is 1. The minimum atomic E-state index is -0.00537.